The van der Waals surface area contributed by atoms with Gasteiger partial charge in [0, 0.05) is 25.8 Å². The molecule has 0 saturated heterocycles. The van der Waals surface area contributed by atoms with E-state index >= 15 is 0 Å². The van der Waals surface area contributed by atoms with E-state index in [-0.39, 0.29) is 36.2 Å². The summed E-state index contributed by atoms with van der Waals surface area (Å²) in [5.41, 5.74) is 1.93. The van der Waals surface area contributed by atoms with Crippen molar-refractivity contribution in [2.24, 2.45) is 0 Å². The molecular weight excluding hydrogens is 484 g/mol. The van der Waals surface area contributed by atoms with Crippen molar-refractivity contribution in [3.8, 4) is 5.75 Å². The van der Waals surface area contributed by atoms with Crippen molar-refractivity contribution in [1.29, 1.82) is 0 Å². The van der Waals surface area contributed by atoms with Gasteiger partial charge in [-0.25, -0.2) is 9.78 Å². The third kappa shape index (κ3) is 5.41. The number of carbonyl (C=O) groups is 3. The van der Waals surface area contributed by atoms with E-state index in [2.05, 4.69) is 10.3 Å². The van der Waals surface area contributed by atoms with E-state index in [1.807, 2.05) is 53.1 Å². The zero-order valence-corrected chi connectivity index (χ0v) is 20.5. The lowest BCUT2D eigenvalue weighted by atomic mass is 10.0. The summed E-state index contributed by atoms with van der Waals surface area (Å²) in [5, 5.41) is 12.0. The minimum Gasteiger partial charge on any atom is -0.484 e. The van der Waals surface area contributed by atoms with Crippen molar-refractivity contribution in [2.75, 3.05) is 13.2 Å². The summed E-state index contributed by atoms with van der Waals surface area (Å²) in [7, 11) is 0. The van der Waals surface area contributed by atoms with Gasteiger partial charge in [-0.3, -0.25) is 9.59 Å². The Morgan fingerprint density at radius 1 is 0.947 bits per heavy atom. The van der Waals surface area contributed by atoms with Crippen LogP contribution < -0.4 is 10.1 Å². The summed E-state index contributed by atoms with van der Waals surface area (Å²) < 4.78 is 7.62. The number of para-hydroxylation sites is 1. The molecule has 0 saturated carbocycles. The second-order valence-electron chi connectivity index (χ2n) is 8.87. The molecule has 2 heterocycles. The highest BCUT2D eigenvalue weighted by Crippen LogP contribution is 2.32. The number of aromatic carboxylic acids is 1. The highest BCUT2D eigenvalue weighted by Gasteiger charge is 2.35. The summed E-state index contributed by atoms with van der Waals surface area (Å²) in [4.78, 5) is 43.9. The molecule has 1 aromatic heterocycles. The Labute approximate surface area is 219 Å². The summed E-state index contributed by atoms with van der Waals surface area (Å²) in [6, 6.07) is 24.7. The van der Waals surface area contributed by atoms with Crippen molar-refractivity contribution in [2.45, 2.75) is 19.1 Å². The van der Waals surface area contributed by atoms with E-state index < -0.39 is 12.0 Å². The lowest BCUT2D eigenvalue weighted by molar-refractivity contribution is -0.136. The number of aromatic nitrogens is 2. The summed E-state index contributed by atoms with van der Waals surface area (Å²) in [6.45, 7) is 0.960. The van der Waals surface area contributed by atoms with Gasteiger partial charge in [-0.1, -0.05) is 60.7 Å². The summed E-state index contributed by atoms with van der Waals surface area (Å²) in [5.74, 6) is -0.386. The standard InChI is InChI=1S/C29H26N4O5/c34-25(19-38-23-12-5-2-6-13-23)33-15-14-32-18-24(31-27(32)26(33)21-9-3-1-4-10-21)28(35)30-17-20-8-7-11-22(16-20)29(36)37/h1-13,16,18,26H,14-15,17,19H2,(H,30,35)(H,36,37). The van der Waals surface area contributed by atoms with Gasteiger partial charge in [-0.15, -0.1) is 0 Å². The third-order valence-corrected chi connectivity index (χ3v) is 6.35. The number of carboxylic acid groups (broad SMARTS) is 1. The van der Waals surface area contributed by atoms with Crippen LogP contribution in [0.4, 0.5) is 0 Å². The van der Waals surface area contributed by atoms with Crippen molar-refractivity contribution in [3.05, 3.63) is 119 Å². The molecule has 1 aliphatic rings. The first-order valence-corrected chi connectivity index (χ1v) is 12.2. The van der Waals surface area contributed by atoms with E-state index in [0.717, 1.165) is 5.56 Å². The van der Waals surface area contributed by atoms with Crippen LogP contribution in [0.15, 0.2) is 91.1 Å². The van der Waals surface area contributed by atoms with Crippen LogP contribution in [0, 0.1) is 0 Å². The van der Waals surface area contributed by atoms with E-state index in [9.17, 15) is 19.5 Å². The normalized spacial score (nSPS) is 14.4. The Hall–Kier alpha value is -4.92. The number of imidazole rings is 1. The van der Waals surface area contributed by atoms with Crippen LogP contribution in [0.5, 0.6) is 5.75 Å². The highest BCUT2D eigenvalue weighted by molar-refractivity contribution is 5.92. The Morgan fingerprint density at radius 3 is 2.42 bits per heavy atom. The number of rotatable bonds is 8. The van der Waals surface area contributed by atoms with Crippen molar-refractivity contribution in [3.63, 3.8) is 0 Å². The number of carboxylic acids is 1. The van der Waals surface area contributed by atoms with E-state index in [4.69, 9.17) is 4.74 Å². The van der Waals surface area contributed by atoms with Gasteiger partial charge >= 0.3 is 5.97 Å². The molecule has 5 rings (SSSR count). The van der Waals surface area contributed by atoms with Gasteiger partial charge in [-0.05, 0) is 35.4 Å². The van der Waals surface area contributed by atoms with E-state index in [0.29, 0.717) is 30.2 Å². The predicted molar refractivity (Wildman–Crippen MR) is 139 cm³/mol. The quantitative estimate of drug-likeness (QED) is 0.375. The fourth-order valence-electron chi connectivity index (χ4n) is 4.49. The Balaban J connectivity index is 1.35. The summed E-state index contributed by atoms with van der Waals surface area (Å²) in [6.07, 6.45) is 1.69. The van der Waals surface area contributed by atoms with Crippen molar-refractivity contribution in [1.82, 2.24) is 19.8 Å². The average Bonchev–Trinajstić information content (AvgIpc) is 3.40. The molecule has 1 aliphatic heterocycles. The highest BCUT2D eigenvalue weighted by atomic mass is 16.5. The number of hydrogen-bond donors (Lipinski definition) is 2. The third-order valence-electron chi connectivity index (χ3n) is 6.35. The molecule has 0 bridgehead atoms. The van der Waals surface area contributed by atoms with Crippen molar-refractivity contribution < 1.29 is 24.2 Å². The average molecular weight is 511 g/mol. The minimum atomic E-state index is -1.03. The first kappa shape index (κ1) is 24.8. The SMILES string of the molecule is O=C(O)c1cccc(CNC(=O)c2cn3c(n2)C(c2ccccc2)N(C(=O)COc2ccccc2)CC3)c1. The number of ether oxygens (including phenoxy) is 1. The van der Waals surface area contributed by atoms with Crippen LogP contribution in [0.25, 0.3) is 0 Å². The smallest absolute Gasteiger partial charge is 0.335 e. The molecule has 4 aromatic rings. The number of nitrogens with zero attached hydrogens (tertiary/aromatic N) is 3. The van der Waals surface area contributed by atoms with Crippen LogP contribution in [-0.4, -0.2) is 50.5 Å². The molecule has 1 unspecified atom stereocenters. The molecule has 0 aliphatic carbocycles. The fraction of sp³-hybridized carbons (Fsp3) is 0.172. The van der Waals surface area contributed by atoms with Crippen LogP contribution in [0.3, 0.4) is 0 Å². The summed E-state index contributed by atoms with van der Waals surface area (Å²) >= 11 is 0. The predicted octanol–water partition coefficient (Wildman–Crippen LogP) is 3.52. The molecular formula is C29H26N4O5. The van der Waals surface area contributed by atoms with Crippen LogP contribution in [-0.2, 0) is 17.9 Å². The molecule has 9 nitrogen and oxygen atoms in total. The first-order valence-electron chi connectivity index (χ1n) is 12.2. The van der Waals surface area contributed by atoms with Gasteiger partial charge in [0.05, 0.1) is 5.56 Å². The molecule has 0 spiro atoms. The molecule has 1 atom stereocenters. The van der Waals surface area contributed by atoms with E-state index in [1.165, 1.54) is 12.1 Å². The Bertz CT molecular complexity index is 1450. The number of nitrogens with one attached hydrogen (secondary N) is 1. The van der Waals surface area contributed by atoms with Gasteiger partial charge in [-0.2, -0.15) is 0 Å². The van der Waals surface area contributed by atoms with Crippen LogP contribution in [0.2, 0.25) is 0 Å². The number of benzene rings is 3. The lowest BCUT2D eigenvalue weighted by Crippen LogP contribution is -2.44. The van der Waals surface area contributed by atoms with Gasteiger partial charge < -0.3 is 24.6 Å². The van der Waals surface area contributed by atoms with Crippen LogP contribution in [0.1, 0.15) is 43.8 Å². The maximum atomic E-state index is 13.3. The second-order valence-corrected chi connectivity index (χ2v) is 8.87. The van der Waals surface area contributed by atoms with Gasteiger partial charge in [0.2, 0.25) is 0 Å². The minimum absolute atomic E-state index is 0.114. The molecule has 3 aromatic carbocycles. The first-order chi connectivity index (χ1) is 18.5. The zero-order chi connectivity index (χ0) is 26.5. The largest absolute Gasteiger partial charge is 0.484 e. The molecule has 9 heteroatoms. The van der Waals surface area contributed by atoms with Gasteiger partial charge in [0.1, 0.15) is 23.3 Å². The number of hydrogen-bond acceptors (Lipinski definition) is 5. The van der Waals surface area contributed by atoms with Gasteiger partial charge in [0.15, 0.2) is 6.61 Å². The number of amides is 2. The fourth-order valence-corrected chi connectivity index (χ4v) is 4.49. The lowest BCUT2D eigenvalue weighted by Gasteiger charge is -2.36. The molecule has 192 valence electrons. The monoisotopic (exact) mass is 510 g/mol. The molecule has 2 amide bonds. The van der Waals surface area contributed by atoms with E-state index in [1.54, 1.807) is 35.4 Å². The maximum Gasteiger partial charge on any atom is 0.335 e. The molecule has 0 radical (unpaired) electrons. The Kier molecular flexibility index (Phi) is 7.17. The second kappa shape index (κ2) is 11.0. The number of fused-ring (bicyclic) bond motifs is 1. The van der Waals surface area contributed by atoms with Crippen LogP contribution >= 0.6 is 0 Å². The number of carbonyl (C=O) groups excluding carboxylic acids is 2. The molecule has 2 N–H and O–H groups in total. The van der Waals surface area contributed by atoms with Gasteiger partial charge in [0.25, 0.3) is 11.8 Å². The molecule has 38 heavy (non-hydrogen) atoms. The zero-order valence-electron chi connectivity index (χ0n) is 20.5. The van der Waals surface area contributed by atoms with Crippen molar-refractivity contribution >= 4 is 17.8 Å². The topological polar surface area (TPSA) is 114 Å². The maximum absolute atomic E-state index is 13.3. The Morgan fingerprint density at radius 2 is 1.68 bits per heavy atom. The molecule has 0 fully saturated rings.